The lowest BCUT2D eigenvalue weighted by Gasteiger charge is -2.20. The number of hydrogen-bond donors (Lipinski definition) is 2. The monoisotopic (exact) mass is 287 g/mol. The zero-order valence-electron chi connectivity index (χ0n) is 13.3. The first-order valence-corrected chi connectivity index (χ1v) is 7.50. The number of fused-ring (bicyclic) bond motifs is 1. The van der Waals surface area contributed by atoms with E-state index in [1.54, 1.807) is 7.11 Å². The predicted octanol–water partition coefficient (Wildman–Crippen LogP) is 3.52. The van der Waals surface area contributed by atoms with Gasteiger partial charge in [0.05, 0.1) is 13.2 Å². The molecule has 0 amide bonds. The van der Waals surface area contributed by atoms with Crippen molar-refractivity contribution in [2.75, 3.05) is 13.7 Å². The quantitative estimate of drug-likeness (QED) is 0.854. The Bertz CT molecular complexity index is 595. The number of methoxy groups -OCH3 is 1. The molecule has 0 aliphatic rings. The van der Waals surface area contributed by atoms with E-state index in [-0.39, 0.29) is 18.1 Å². The van der Waals surface area contributed by atoms with Crippen LogP contribution in [0.3, 0.4) is 0 Å². The first-order valence-electron chi connectivity index (χ1n) is 7.50. The molecule has 0 aliphatic heterocycles. The molecule has 3 nitrogen and oxygen atoms in total. The summed E-state index contributed by atoms with van der Waals surface area (Å²) in [6, 6.07) is 12.7. The predicted molar refractivity (Wildman–Crippen MR) is 87.8 cm³/mol. The zero-order valence-corrected chi connectivity index (χ0v) is 13.3. The molecule has 0 aromatic heterocycles. The summed E-state index contributed by atoms with van der Waals surface area (Å²) in [6.45, 7) is 6.79. The Morgan fingerprint density at radius 2 is 1.71 bits per heavy atom. The molecular formula is C18H25NO2. The molecule has 21 heavy (non-hydrogen) atoms. The van der Waals surface area contributed by atoms with Crippen LogP contribution in [0.5, 0.6) is 5.75 Å². The van der Waals surface area contributed by atoms with E-state index in [1.165, 1.54) is 16.3 Å². The standard InChI is InChI=1S/C18H25NO2/c1-12(2)18(20)11-19-13(3)14-5-6-16-10-17(21-4)8-7-15(16)9-14/h5-10,12-13,18-20H,11H2,1-4H3. The van der Waals surface area contributed by atoms with Gasteiger partial charge in [-0.2, -0.15) is 0 Å². The zero-order chi connectivity index (χ0) is 15.4. The molecule has 2 aromatic rings. The van der Waals surface area contributed by atoms with Crippen LogP contribution in [0.25, 0.3) is 10.8 Å². The Balaban J connectivity index is 2.11. The van der Waals surface area contributed by atoms with E-state index in [1.807, 2.05) is 26.0 Å². The number of aliphatic hydroxyl groups is 1. The fraction of sp³-hybridized carbons (Fsp3) is 0.444. The average molecular weight is 287 g/mol. The summed E-state index contributed by atoms with van der Waals surface area (Å²) >= 11 is 0. The second-order valence-electron chi connectivity index (χ2n) is 5.91. The number of nitrogens with one attached hydrogen (secondary N) is 1. The van der Waals surface area contributed by atoms with Crippen LogP contribution in [0, 0.1) is 5.92 Å². The Kier molecular flexibility index (Phi) is 5.21. The number of aliphatic hydroxyl groups excluding tert-OH is 1. The maximum atomic E-state index is 9.88. The van der Waals surface area contributed by atoms with Gasteiger partial charge in [-0.1, -0.05) is 32.0 Å². The minimum Gasteiger partial charge on any atom is -0.497 e. The highest BCUT2D eigenvalue weighted by Gasteiger charge is 2.12. The molecule has 0 aliphatic carbocycles. The van der Waals surface area contributed by atoms with Crippen LogP contribution < -0.4 is 10.1 Å². The molecule has 0 fully saturated rings. The largest absolute Gasteiger partial charge is 0.497 e. The van der Waals surface area contributed by atoms with Crippen LogP contribution in [0.1, 0.15) is 32.4 Å². The lowest BCUT2D eigenvalue weighted by atomic mass is 10.0. The third-order valence-electron chi connectivity index (χ3n) is 3.97. The van der Waals surface area contributed by atoms with Gasteiger partial charge in [0.2, 0.25) is 0 Å². The smallest absolute Gasteiger partial charge is 0.119 e. The van der Waals surface area contributed by atoms with Crippen molar-refractivity contribution in [2.45, 2.75) is 32.9 Å². The van der Waals surface area contributed by atoms with Gasteiger partial charge in [0.15, 0.2) is 0 Å². The van der Waals surface area contributed by atoms with Crippen LogP contribution in [-0.4, -0.2) is 24.9 Å². The van der Waals surface area contributed by atoms with Gasteiger partial charge in [-0.15, -0.1) is 0 Å². The molecule has 0 heterocycles. The Morgan fingerprint density at radius 1 is 1.05 bits per heavy atom. The fourth-order valence-corrected chi connectivity index (χ4v) is 2.29. The molecule has 2 atom stereocenters. The molecule has 0 saturated carbocycles. The van der Waals surface area contributed by atoms with Gasteiger partial charge < -0.3 is 15.2 Å². The van der Waals surface area contributed by atoms with E-state index in [2.05, 4.69) is 36.5 Å². The number of benzene rings is 2. The maximum Gasteiger partial charge on any atom is 0.119 e. The van der Waals surface area contributed by atoms with Crippen LogP contribution in [-0.2, 0) is 0 Å². The van der Waals surface area contributed by atoms with E-state index in [9.17, 15) is 5.11 Å². The number of ether oxygens (including phenoxy) is 1. The molecule has 3 heteroatoms. The van der Waals surface area contributed by atoms with Crippen molar-refractivity contribution in [2.24, 2.45) is 5.92 Å². The normalized spacial score (nSPS) is 14.4. The van der Waals surface area contributed by atoms with Gasteiger partial charge >= 0.3 is 0 Å². The van der Waals surface area contributed by atoms with Gasteiger partial charge in [-0.05, 0) is 47.4 Å². The van der Waals surface area contributed by atoms with Gasteiger partial charge in [-0.25, -0.2) is 0 Å². The van der Waals surface area contributed by atoms with Crippen molar-refractivity contribution >= 4 is 10.8 Å². The van der Waals surface area contributed by atoms with Crippen molar-refractivity contribution in [3.63, 3.8) is 0 Å². The van der Waals surface area contributed by atoms with Crippen molar-refractivity contribution in [3.8, 4) is 5.75 Å². The minimum atomic E-state index is -0.308. The Labute approximate surface area is 126 Å². The summed E-state index contributed by atoms with van der Waals surface area (Å²) in [4.78, 5) is 0. The third-order valence-corrected chi connectivity index (χ3v) is 3.97. The van der Waals surface area contributed by atoms with Gasteiger partial charge in [0, 0.05) is 12.6 Å². The summed E-state index contributed by atoms with van der Waals surface area (Å²) < 4.78 is 5.25. The summed E-state index contributed by atoms with van der Waals surface area (Å²) in [5, 5.41) is 15.6. The van der Waals surface area contributed by atoms with Gasteiger partial charge in [0.25, 0.3) is 0 Å². The van der Waals surface area contributed by atoms with Crippen molar-refractivity contribution < 1.29 is 9.84 Å². The van der Waals surface area contributed by atoms with E-state index >= 15 is 0 Å². The molecule has 0 spiro atoms. The topological polar surface area (TPSA) is 41.5 Å². The minimum absolute atomic E-state index is 0.213. The first-order chi connectivity index (χ1) is 10.0. The highest BCUT2D eigenvalue weighted by molar-refractivity contribution is 5.84. The maximum absolute atomic E-state index is 9.88. The van der Waals surface area contributed by atoms with Gasteiger partial charge in [-0.3, -0.25) is 0 Å². The number of rotatable bonds is 6. The lowest BCUT2D eigenvalue weighted by molar-refractivity contribution is 0.121. The molecule has 114 valence electrons. The number of hydrogen-bond acceptors (Lipinski definition) is 3. The summed E-state index contributed by atoms with van der Waals surface area (Å²) in [7, 11) is 1.68. The Hall–Kier alpha value is -1.58. The van der Waals surface area contributed by atoms with Crippen LogP contribution in [0.4, 0.5) is 0 Å². The van der Waals surface area contributed by atoms with Crippen molar-refractivity contribution in [3.05, 3.63) is 42.0 Å². The second kappa shape index (κ2) is 6.92. The first kappa shape index (κ1) is 15.8. The van der Waals surface area contributed by atoms with Crippen LogP contribution in [0.15, 0.2) is 36.4 Å². The third kappa shape index (κ3) is 3.96. The fourth-order valence-electron chi connectivity index (χ4n) is 2.29. The average Bonchev–Trinajstić information content (AvgIpc) is 2.50. The van der Waals surface area contributed by atoms with Crippen molar-refractivity contribution in [1.29, 1.82) is 0 Å². The molecular weight excluding hydrogens is 262 g/mol. The summed E-state index contributed by atoms with van der Waals surface area (Å²) in [6.07, 6.45) is -0.308. The van der Waals surface area contributed by atoms with Crippen molar-refractivity contribution in [1.82, 2.24) is 5.32 Å². The molecule has 2 aromatic carbocycles. The SMILES string of the molecule is COc1ccc2cc(C(C)NCC(O)C(C)C)ccc2c1. The van der Waals surface area contributed by atoms with E-state index in [0.29, 0.717) is 6.54 Å². The van der Waals surface area contributed by atoms with Gasteiger partial charge in [0.1, 0.15) is 5.75 Å². The molecule has 0 saturated heterocycles. The molecule has 0 radical (unpaired) electrons. The molecule has 0 bridgehead atoms. The molecule has 2 N–H and O–H groups in total. The molecule has 2 rings (SSSR count). The van der Waals surface area contributed by atoms with Crippen LogP contribution >= 0.6 is 0 Å². The summed E-state index contributed by atoms with van der Waals surface area (Å²) in [5.41, 5.74) is 1.23. The second-order valence-corrected chi connectivity index (χ2v) is 5.91. The Morgan fingerprint density at radius 3 is 2.38 bits per heavy atom. The summed E-state index contributed by atoms with van der Waals surface area (Å²) in [5.74, 6) is 1.15. The van der Waals surface area contributed by atoms with E-state index in [0.717, 1.165) is 5.75 Å². The van der Waals surface area contributed by atoms with Crippen LogP contribution in [0.2, 0.25) is 0 Å². The highest BCUT2D eigenvalue weighted by atomic mass is 16.5. The van der Waals surface area contributed by atoms with E-state index < -0.39 is 0 Å². The highest BCUT2D eigenvalue weighted by Crippen LogP contribution is 2.24. The molecule has 2 unspecified atom stereocenters. The van der Waals surface area contributed by atoms with E-state index in [4.69, 9.17) is 4.74 Å². The lowest BCUT2D eigenvalue weighted by Crippen LogP contribution is -2.32.